The van der Waals surface area contributed by atoms with Crippen LogP contribution in [0.5, 0.6) is 0 Å². The molecule has 1 aliphatic rings. The van der Waals surface area contributed by atoms with Crippen LogP contribution in [0.25, 0.3) is 10.8 Å². The number of nitrogens with zero attached hydrogens (tertiary/aromatic N) is 1. The second-order valence-electron chi connectivity index (χ2n) is 4.79. The zero-order valence-corrected chi connectivity index (χ0v) is 10.6. The lowest BCUT2D eigenvalue weighted by Crippen LogP contribution is -2.39. The monoisotopic (exact) mass is 268 g/mol. The molecule has 2 heterocycles. The standard InChI is InChI=1S/C15H12N2O3/c18-8-9-1-2-11(13-7-16-6-5-10(9)13)12-3-4-14(19)17-15(12)20/h1-2,5-8,12H,3-4H2,(H,17,19,20). The minimum Gasteiger partial charge on any atom is -0.298 e. The summed E-state index contributed by atoms with van der Waals surface area (Å²) in [6.07, 6.45) is 4.87. The van der Waals surface area contributed by atoms with E-state index in [0.717, 1.165) is 22.6 Å². The van der Waals surface area contributed by atoms with E-state index in [0.29, 0.717) is 18.4 Å². The number of nitrogens with one attached hydrogen (secondary N) is 1. The van der Waals surface area contributed by atoms with Gasteiger partial charge in [-0.3, -0.25) is 24.7 Å². The van der Waals surface area contributed by atoms with Gasteiger partial charge in [0.25, 0.3) is 0 Å². The van der Waals surface area contributed by atoms with Gasteiger partial charge in [0.05, 0.1) is 5.92 Å². The largest absolute Gasteiger partial charge is 0.298 e. The Morgan fingerprint density at radius 1 is 1.20 bits per heavy atom. The van der Waals surface area contributed by atoms with Gasteiger partial charge in [0.2, 0.25) is 11.8 Å². The zero-order valence-electron chi connectivity index (χ0n) is 10.6. The Kier molecular flexibility index (Phi) is 3.02. The molecule has 2 amide bonds. The van der Waals surface area contributed by atoms with E-state index in [2.05, 4.69) is 10.3 Å². The third kappa shape index (κ3) is 1.97. The summed E-state index contributed by atoms with van der Waals surface area (Å²) in [5.41, 5.74) is 1.38. The quantitative estimate of drug-likeness (QED) is 0.662. The van der Waals surface area contributed by atoms with Crippen molar-refractivity contribution in [1.82, 2.24) is 10.3 Å². The second-order valence-corrected chi connectivity index (χ2v) is 4.79. The molecule has 2 aromatic rings. The topological polar surface area (TPSA) is 76.1 Å². The number of hydrogen-bond acceptors (Lipinski definition) is 4. The van der Waals surface area contributed by atoms with Crippen LogP contribution in [0.4, 0.5) is 0 Å². The Bertz CT molecular complexity index is 724. The van der Waals surface area contributed by atoms with Crippen molar-refractivity contribution in [3.05, 3.63) is 41.7 Å². The number of aromatic nitrogens is 1. The van der Waals surface area contributed by atoms with Crippen molar-refractivity contribution in [2.24, 2.45) is 0 Å². The van der Waals surface area contributed by atoms with E-state index in [4.69, 9.17) is 0 Å². The third-order valence-corrected chi connectivity index (χ3v) is 3.63. The first kappa shape index (κ1) is 12.5. The highest BCUT2D eigenvalue weighted by atomic mass is 16.2. The SMILES string of the molecule is O=Cc1ccc(C2CCC(=O)NC2=O)c2cnccc12. The third-order valence-electron chi connectivity index (χ3n) is 3.63. The molecule has 0 saturated carbocycles. The lowest BCUT2D eigenvalue weighted by atomic mass is 9.87. The molecule has 5 nitrogen and oxygen atoms in total. The summed E-state index contributed by atoms with van der Waals surface area (Å²) in [5, 5.41) is 3.91. The smallest absolute Gasteiger partial charge is 0.234 e. The maximum atomic E-state index is 12.0. The van der Waals surface area contributed by atoms with Gasteiger partial charge in [0, 0.05) is 29.8 Å². The molecule has 3 rings (SSSR count). The van der Waals surface area contributed by atoms with E-state index in [9.17, 15) is 14.4 Å². The average molecular weight is 268 g/mol. The van der Waals surface area contributed by atoms with Crippen LogP contribution in [0.15, 0.2) is 30.6 Å². The molecule has 5 heteroatoms. The van der Waals surface area contributed by atoms with Gasteiger partial charge >= 0.3 is 0 Å². The molecule has 20 heavy (non-hydrogen) atoms. The fourth-order valence-corrected chi connectivity index (χ4v) is 2.63. The summed E-state index contributed by atoms with van der Waals surface area (Å²) in [6.45, 7) is 0. The predicted octanol–water partition coefficient (Wildman–Crippen LogP) is 1.57. The van der Waals surface area contributed by atoms with Gasteiger partial charge in [0.1, 0.15) is 0 Å². The summed E-state index contributed by atoms with van der Waals surface area (Å²) in [6, 6.07) is 5.23. The summed E-state index contributed by atoms with van der Waals surface area (Å²) in [5.74, 6) is -0.899. The fraction of sp³-hybridized carbons (Fsp3) is 0.200. The molecule has 1 saturated heterocycles. The molecule has 1 aromatic heterocycles. The molecular weight excluding hydrogens is 256 g/mol. The number of benzene rings is 1. The number of amides is 2. The number of piperidine rings is 1. The number of imide groups is 1. The molecule has 0 spiro atoms. The number of carbonyl (C=O) groups is 3. The number of hydrogen-bond donors (Lipinski definition) is 1. The highest BCUT2D eigenvalue weighted by Gasteiger charge is 2.29. The van der Waals surface area contributed by atoms with Crippen LogP contribution in [0.1, 0.15) is 34.7 Å². The Hall–Kier alpha value is -2.56. The first-order valence-electron chi connectivity index (χ1n) is 6.36. The molecule has 1 N–H and O–H groups in total. The summed E-state index contributed by atoms with van der Waals surface area (Å²) >= 11 is 0. The van der Waals surface area contributed by atoms with Crippen LogP contribution in [0, 0.1) is 0 Å². The Labute approximate surface area is 115 Å². The first-order chi connectivity index (χ1) is 9.70. The van der Waals surface area contributed by atoms with Crippen LogP contribution < -0.4 is 5.32 Å². The highest BCUT2D eigenvalue weighted by Crippen LogP contribution is 2.31. The molecule has 1 fully saturated rings. The first-order valence-corrected chi connectivity index (χ1v) is 6.36. The van der Waals surface area contributed by atoms with Crippen LogP contribution in [0.2, 0.25) is 0 Å². The molecule has 1 aromatic carbocycles. The van der Waals surface area contributed by atoms with E-state index >= 15 is 0 Å². The molecule has 1 atom stereocenters. The second kappa shape index (κ2) is 4.85. The predicted molar refractivity (Wildman–Crippen MR) is 72.3 cm³/mol. The summed E-state index contributed by atoms with van der Waals surface area (Å²) < 4.78 is 0. The number of rotatable bonds is 2. The van der Waals surface area contributed by atoms with E-state index in [1.54, 1.807) is 30.6 Å². The van der Waals surface area contributed by atoms with Crippen LogP contribution in [-0.2, 0) is 9.59 Å². The van der Waals surface area contributed by atoms with Crippen molar-refractivity contribution in [2.75, 3.05) is 0 Å². The van der Waals surface area contributed by atoms with Gasteiger partial charge in [-0.25, -0.2) is 0 Å². The normalized spacial score (nSPS) is 18.9. The highest BCUT2D eigenvalue weighted by molar-refractivity contribution is 6.05. The van der Waals surface area contributed by atoms with Gasteiger partial charge in [-0.2, -0.15) is 0 Å². The Morgan fingerprint density at radius 3 is 2.80 bits per heavy atom. The lowest BCUT2D eigenvalue weighted by molar-refractivity contribution is -0.134. The van der Waals surface area contributed by atoms with Crippen molar-refractivity contribution in [3.8, 4) is 0 Å². The van der Waals surface area contributed by atoms with Crippen LogP contribution >= 0.6 is 0 Å². The van der Waals surface area contributed by atoms with Crippen molar-refractivity contribution in [1.29, 1.82) is 0 Å². The number of fused-ring (bicyclic) bond motifs is 1. The van der Waals surface area contributed by atoms with Crippen LogP contribution in [0.3, 0.4) is 0 Å². The number of carbonyl (C=O) groups excluding carboxylic acids is 3. The minimum atomic E-state index is -0.375. The maximum Gasteiger partial charge on any atom is 0.234 e. The van der Waals surface area contributed by atoms with E-state index in [1.807, 2.05) is 0 Å². The Morgan fingerprint density at radius 2 is 2.05 bits per heavy atom. The van der Waals surface area contributed by atoms with Gasteiger partial charge in [-0.1, -0.05) is 12.1 Å². The maximum absolute atomic E-state index is 12.0. The molecular formula is C15H12N2O3. The van der Waals surface area contributed by atoms with Gasteiger partial charge in [-0.15, -0.1) is 0 Å². The molecule has 0 bridgehead atoms. The van der Waals surface area contributed by atoms with E-state index < -0.39 is 0 Å². The zero-order chi connectivity index (χ0) is 14.1. The van der Waals surface area contributed by atoms with Crippen molar-refractivity contribution in [2.45, 2.75) is 18.8 Å². The number of pyridine rings is 1. The lowest BCUT2D eigenvalue weighted by Gasteiger charge is -2.22. The molecule has 0 aliphatic carbocycles. The van der Waals surface area contributed by atoms with Crippen molar-refractivity contribution < 1.29 is 14.4 Å². The molecule has 0 radical (unpaired) electrons. The van der Waals surface area contributed by atoms with Gasteiger partial charge < -0.3 is 0 Å². The van der Waals surface area contributed by atoms with Crippen LogP contribution in [-0.4, -0.2) is 23.1 Å². The molecule has 1 aliphatic heterocycles. The summed E-state index contributed by atoms with van der Waals surface area (Å²) in [4.78, 5) is 38.3. The van der Waals surface area contributed by atoms with E-state index in [-0.39, 0.29) is 17.7 Å². The number of aldehydes is 1. The van der Waals surface area contributed by atoms with Gasteiger partial charge in [-0.05, 0) is 23.4 Å². The van der Waals surface area contributed by atoms with Crippen molar-refractivity contribution >= 4 is 28.9 Å². The van der Waals surface area contributed by atoms with Gasteiger partial charge in [0.15, 0.2) is 6.29 Å². The average Bonchev–Trinajstić information content (AvgIpc) is 2.47. The fourth-order valence-electron chi connectivity index (χ4n) is 2.63. The summed E-state index contributed by atoms with van der Waals surface area (Å²) in [7, 11) is 0. The van der Waals surface area contributed by atoms with Crippen molar-refractivity contribution in [3.63, 3.8) is 0 Å². The molecule has 1 unspecified atom stereocenters. The van der Waals surface area contributed by atoms with E-state index in [1.165, 1.54) is 0 Å². The minimum absolute atomic E-state index is 0.238. The molecule has 100 valence electrons. The Balaban J connectivity index is 2.15.